The number of benzene rings is 1. The molecule has 1 aromatic carbocycles. The van der Waals surface area contributed by atoms with Crippen LogP contribution in [0.15, 0.2) is 81.3 Å². The molecule has 0 radical (unpaired) electrons. The van der Waals surface area contributed by atoms with Crippen LogP contribution in [0.2, 0.25) is 0 Å². The molecule has 0 aliphatic rings. The lowest BCUT2D eigenvalue weighted by Crippen LogP contribution is -2.12. The van der Waals surface area contributed by atoms with Gasteiger partial charge in [0.15, 0.2) is 0 Å². The summed E-state index contributed by atoms with van der Waals surface area (Å²) in [6, 6.07) is 13.8. The minimum atomic E-state index is 0.551. The van der Waals surface area contributed by atoms with Crippen molar-refractivity contribution < 1.29 is 0 Å². The molecule has 0 spiro atoms. The molecule has 0 atom stereocenters. The van der Waals surface area contributed by atoms with Crippen molar-refractivity contribution in [2.24, 2.45) is 10.1 Å². The van der Waals surface area contributed by atoms with E-state index in [0.717, 1.165) is 26.2 Å². The van der Waals surface area contributed by atoms with Crippen LogP contribution in [0.25, 0.3) is 11.3 Å². The van der Waals surface area contributed by atoms with Gasteiger partial charge in [-0.1, -0.05) is 46.3 Å². The van der Waals surface area contributed by atoms with E-state index in [9.17, 15) is 0 Å². The van der Waals surface area contributed by atoms with Crippen LogP contribution in [-0.4, -0.2) is 22.4 Å². The normalized spacial score (nSPS) is 12.0. The Bertz CT molecular complexity index is 925. The average molecular weight is 399 g/mol. The van der Waals surface area contributed by atoms with Crippen molar-refractivity contribution >= 4 is 33.5 Å². The van der Waals surface area contributed by atoms with E-state index in [1.807, 2.05) is 41.1 Å². The van der Waals surface area contributed by atoms with E-state index in [0.29, 0.717) is 6.54 Å². The predicted molar refractivity (Wildman–Crippen MR) is 103 cm³/mol. The maximum atomic E-state index is 4.60. The minimum absolute atomic E-state index is 0.551. The van der Waals surface area contributed by atoms with Crippen LogP contribution in [0.4, 0.5) is 0 Å². The lowest BCUT2D eigenvalue weighted by Gasteiger charge is -2.05. The molecule has 0 aliphatic heterocycles. The number of hydrogen-bond donors (Lipinski definition) is 0. The molecule has 0 N–H and O–H groups in total. The van der Waals surface area contributed by atoms with E-state index in [2.05, 4.69) is 49.0 Å². The van der Waals surface area contributed by atoms with Gasteiger partial charge in [0, 0.05) is 21.6 Å². The molecular formula is C18H15BrN4S. The monoisotopic (exact) mass is 398 g/mol. The van der Waals surface area contributed by atoms with Gasteiger partial charge in [0.1, 0.15) is 0 Å². The Morgan fingerprint density at radius 2 is 2.04 bits per heavy atom. The average Bonchev–Trinajstić information content (AvgIpc) is 3.02. The number of pyridine rings is 1. The third-order valence-electron chi connectivity index (χ3n) is 3.18. The van der Waals surface area contributed by atoms with E-state index >= 15 is 0 Å². The summed E-state index contributed by atoms with van der Waals surface area (Å²) in [5, 5.41) is 6.65. The second kappa shape index (κ2) is 7.99. The number of halogens is 1. The van der Waals surface area contributed by atoms with Gasteiger partial charge in [-0.05, 0) is 18.2 Å². The second-order valence-corrected chi connectivity index (χ2v) is 6.51. The quantitative estimate of drug-likeness (QED) is 0.465. The van der Waals surface area contributed by atoms with Gasteiger partial charge < -0.3 is 0 Å². The second-order valence-electron chi connectivity index (χ2n) is 4.82. The van der Waals surface area contributed by atoms with Gasteiger partial charge in [-0.2, -0.15) is 5.10 Å². The Hall–Kier alpha value is -2.31. The number of aromatic nitrogens is 2. The standard InChI is InChI=1S/C18H15BrN4S/c1-2-10-21-18-23(22-12-14-7-5-6-11-20-14)17(13-24-18)15-8-3-4-9-16(15)19/h2-9,11-13H,1,10H2. The molecule has 2 heterocycles. The third kappa shape index (κ3) is 3.77. The van der Waals surface area contributed by atoms with Gasteiger partial charge in [0.05, 0.1) is 24.1 Å². The fourth-order valence-corrected chi connectivity index (χ4v) is 3.41. The zero-order valence-electron chi connectivity index (χ0n) is 12.8. The summed E-state index contributed by atoms with van der Waals surface area (Å²) in [7, 11) is 0. The first kappa shape index (κ1) is 16.5. The molecule has 6 heteroatoms. The van der Waals surface area contributed by atoms with Crippen LogP contribution < -0.4 is 4.80 Å². The lowest BCUT2D eigenvalue weighted by atomic mass is 10.2. The van der Waals surface area contributed by atoms with Crippen molar-refractivity contribution in [1.29, 1.82) is 0 Å². The fraction of sp³-hybridized carbons (Fsp3) is 0.0556. The highest BCUT2D eigenvalue weighted by molar-refractivity contribution is 9.10. The summed E-state index contributed by atoms with van der Waals surface area (Å²) in [4.78, 5) is 9.61. The summed E-state index contributed by atoms with van der Waals surface area (Å²) >= 11 is 5.15. The number of rotatable bonds is 5. The van der Waals surface area contributed by atoms with Crippen molar-refractivity contribution in [3.8, 4) is 11.3 Å². The Balaban J connectivity index is 2.11. The van der Waals surface area contributed by atoms with Crippen LogP contribution in [0, 0.1) is 0 Å². The first-order valence-electron chi connectivity index (χ1n) is 7.32. The number of nitrogens with zero attached hydrogens (tertiary/aromatic N) is 4. The van der Waals surface area contributed by atoms with Crippen LogP contribution >= 0.6 is 27.3 Å². The molecule has 2 aromatic heterocycles. The van der Waals surface area contributed by atoms with Crippen molar-refractivity contribution in [2.75, 3.05) is 6.54 Å². The molecule has 0 saturated heterocycles. The van der Waals surface area contributed by atoms with Crippen molar-refractivity contribution in [3.63, 3.8) is 0 Å². The largest absolute Gasteiger partial charge is 0.255 e. The topological polar surface area (TPSA) is 42.5 Å². The fourth-order valence-electron chi connectivity index (χ4n) is 2.09. The Morgan fingerprint density at radius 1 is 1.21 bits per heavy atom. The van der Waals surface area contributed by atoms with Crippen LogP contribution in [0.3, 0.4) is 0 Å². The Kier molecular flexibility index (Phi) is 5.51. The van der Waals surface area contributed by atoms with E-state index in [-0.39, 0.29) is 0 Å². The molecule has 0 unspecified atom stereocenters. The van der Waals surface area contributed by atoms with Crippen LogP contribution in [0.5, 0.6) is 0 Å². The van der Waals surface area contributed by atoms with Gasteiger partial charge in [-0.3, -0.25) is 9.98 Å². The predicted octanol–water partition coefficient (Wildman–Crippen LogP) is 4.34. The molecule has 0 saturated carbocycles. The van der Waals surface area contributed by atoms with Gasteiger partial charge in [0.25, 0.3) is 0 Å². The van der Waals surface area contributed by atoms with Gasteiger partial charge in [-0.25, -0.2) is 4.68 Å². The molecule has 3 rings (SSSR count). The third-order valence-corrected chi connectivity index (χ3v) is 4.73. The SMILES string of the molecule is C=CCN=c1scc(-c2ccccc2Br)n1N=Cc1ccccn1. The first-order chi connectivity index (χ1) is 11.8. The highest BCUT2D eigenvalue weighted by atomic mass is 79.9. The van der Waals surface area contributed by atoms with Gasteiger partial charge in [0.2, 0.25) is 4.80 Å². The summed E-state index contributed by atoms with van der Waals surface area (Å²) in [5.41, 5.74) is 2.83. The summed E-state index contributed by atoms with van der Waals surface area (Å²) in [6.07, 6.45) is 5.25. The number of thiazole rings is 1. The van der Waals surface area contributed by atoms with E-state index < -0.39 is 0 Å². The Labute approximate surface area is 152 Å². The molecule has 120 valence electrons. The summed E-state index contributed by atoms with van der Waals surface area (Å²) in [6.45, 7) is 4.27. The number of hydrogen-bond acceptors (Lipinski definition) is 4. The minimum Gasteiger partial charge on any atom is -0.255 e. The molecule has 4 nitrogen and oxygen atoms in total. The smallest absolute Gasteiger partial charge is 0.206 e. The molecule has 0 bridgehead atoms. The van der Waals surface area contributed by atoms with Crippen molar-refractivity contribution in [1.82, 2.24) is 9.66 Å². The first-order valence-corrected chi connectivity index (χ1v) is 8.99. The molecule has 0 aliphatic carbocycles. The van der Waals surface area contributed by atoms with Gasteiger partial charge in [-0.15, -0.1) is 17.9 Å². The highest BCUT2D eigenvalue weighted by Gasteiger charge is 2.10. The maximum absolute atomic E-state index is 4.60. The molecule has 0 fully saturated rings. The molecule has 24 heavy (non-hydrogen) atoms. The van der Waals surface area contributed by atoms with Crippen LogP contribution in [0.1, 0.15) is 5.69 Å². The summed E-state index contributed by atoms with van der Waals surface area (Å²) in [5.74, 6) is 0. The lowest BCUT2D eigenvalue weighted by molar-refractivity contribution is 0.839. The van der Waals surface area contributed by atoms with E-state index in [1.54, 1.807) is 29.8 Å². The molecule has 0 amide bonds. The van der Waals surface area contributed by atoms with Crippen molar-refractivity contribution in [2.45, 2.75) is 0 Å². The van der Waals surface area contributed by atoms with E-state index in [1.165, 1.54) is 0 Å². The van der Waals surface area contributed by atoms with Crippen molar-refractivity contribution in [3.05, 3.63) is 81.7 Å². The van der Waals surface area contributed by atoms with Gasteiger partial charge >= 0.3 is 0 Å². The Morgan fingerprint density at radius 3 is 2.79 bits per heavy atom. The maximum Gasteiger partial charge on any atom is 0.206 e. The zero-order chi connectivity index (χ0) is 16.8. The van der Waals surface area contributed by atoms with Crippen LogP contribution in [-0.2, 0) is 0 Å². The zero-order valence-corrected chi connectivity index (χ0v) is 15.2. The molecule has 3 aromatic rings. The highest BCUT2D eigenvalue weighted by Crippen LogP contribution is 2.28. The molecular weight excluding hydrogens is 384 g/mol. The van der Waals surface area contributed by atoms with E-state index in [4.69, 9.17) is 0 Å². The summed E-state index contributed by atoms with van der Waals surface area (Å²) < 4.78 is 2.85.